The molecule has 2 saturated carbocycles. The van der Waals surface area contributed by atoms with Gasteiger partial charge in [0.15, 0.2) is 0 Å². The van der Waals surface area contributed by atoms with Gasteiger partial charge in [0.2, 0.25) is 0 Å². The zero-order valence-electron chi connectivity index (χ0n) is 13.5. The van der Waals surface area contributed by atoms with Gasteiger partial charge in [0.25, 0.3) is 0 Å². The molecule has 2 aliphatic carbocycles. The Morgan fingerprint density at radius 2 is 1.74 bits per heavy atom. The van der Waals surface area contributed by atoms with E-state index in [4.69, 9.17) is 5.73 Å². The van der Waals surface area contributed by atoms with Gasteiger partial charge in [-0.2, -0.15) is 0 Å². The average molecular weight is 266 g/mol. The van der Waals surface area contributed by atoms with E-state index in [2.05, 4.69) is 33.0 Å². The third-order valence-electron chi connectivity index (χ3n) is 6.47. The van der Waals surface area contributed by atoms with E-state index in [0.29, 0.717) is 22.8 Å². The second-order valence-corrected chi connectivity index (χ2v) is 8.20. The second-order valence-electron chi connectivity index (χ2n) is 8.20. The lowest BCUT2D eigenvalue weighted by Crippen LogP contribution is -2.50. The van der Waals surface area contributed by atoms with Crippen LogP contribution in [0.4, 0.5) is 0 Å². The summed E-state index contributed by atoms with van der Waals surface area (Å²) in [6.07, 6.45) is 8.18. The van der Waals surface area contributed by atoms with E-state index in [1.807, 2.05) is 0 Å². The fraction of sp³-hybridized carbons (Fsp3) is 1.00. The lowest BCUT2D eigenvalue weighted by Gasteiger charge is -2.47. The van der Waals surface area contributed by atoms with E-state index < -0.39 is 0 Å². The summed E-state index contributed by atoms with van der Waals surface area (Å²) < 4.78 is 0. The summed E-state index contributed by atoms with van der Waals surface area (Å²) in [6, 6.07) is 0.401. The van der Waals surface area contributed by atoms with Crippen LogP contribution in [-0.2, 0) is 0 Å². The van der Waals surface area contributed by atoms with Gasteiger partial charge in [0.05, 0.1) is 0 Å². The van der Waals surface area contributed by atoms with Crippen molar-refractivity contribution in [3.05, 3.63) is 0 Å². The summed E-state index contributed by atoms with van der Waals surface area (Å²) >= 11 is 0. The minimum atomic E-state index is 0.376. The third kappa shape index (κ3) is 3.33. The predicted octanol–water partition coefficient (Wildman–Crippen LogP) is 3.56. The minimum Gasteiger partial charge on any atom is -0.327 e. The lowest BCUT2D eigenvalue weighted by molar-refractivity contribution is 0.0524. The number of hydrogen-bond donors (Lipinski definition) is 2. The van der Waals surface area contributed by atoms with Crippen molar-refractivity contribution in [3.8, 4) is 0 Å². The van der Waals surface area contributed by atoms with Gasteiger partial charge in [-0.05, 0) is 54.9 Å². The first-order valence-electron chi connectivity index (χ1n) is 8.31. The van der Waals surface area contributed by atoms with Crippen LogP contribution in [0.2, 0.25) is 0 Å². The molecule has 0 heterocycles. The van der Waals surface area contributed by atoms with Crippen LogP contribution in [0.5, 0.6) is 0 Å². The van der Waals surface area contributed by atoms with Crippen LogP contribution < -0.4 is 11.1 Å². The number of nitrogens with one attached hydrogen (secondary N) is 1. The molecule has 112 valence electrons. The highest BCUT2D eigenvalue weighted by molar-refractivity contribution is 4.94. The maximum absolute atomic E-state index is 6.24. The highest BCUT2D eigenvalue weighted by atomic mass is 14.9. The van der Waals surface area contributed by atoms with E-state index in [1.54, 1.807) is 0 Å². The van der Waals surface area contributed by atoms with Gasteiger partial charge in [0.1, 0.15) is 0 Å². The van der Waals surface area contributed by atoms with Gasteiger partial charge >= 0.3 is 0 Å². The van der Waals surface area contributed by atoms with E-state index in [-0.39, 0.29) is 0 Å². The first-order chi connectivity index (χ1) is 8.85. The zero-order valence-corrected chi connectivity index (χ0v) is 13.5. The smallest absolute Gasteiger partial charge is 0.00698 e. The molecule has 2 heteroatoms. The van der Waals surface area contributed by atoms with Gasteiger partial charge in [-0.3, -0.25) is 0 Å². The Labute approximate surface area is 119 Å². The number of rotatable bonds is 4. The fourth-order valence-electron chi connectivity index (χ4n) is 4.26. The maximum atomic E-state index is 6.24. The minimum absolute atomic E-state index is 0.376. The molecule has 0 aromatic rings. The van der Waals surface area contributed by atoms with Crippen molar-refractivity contribution in [1.29, 1.82) is 0 Å². The van der Waals surface area contributed by atoms with E-state index in [1.165, 1.54) is 51.6 Å². The monoisotopic (exact) mass is 266 g/mol. The van der Waals surface area contributed by atoms with Crippen molar-refractivity contribution in [2.45, 2.75) is 72.3 Å². The normalized spacial score (nSPS) is 37.4. The predicted molar refractivity (Wildman–Crippen MR) is 83.1 cm³/mol. The summed E-state index contributed by atoms with van der Waals surface area (Å²) in [4.78, 5) is 0. The summed E-state index contributed by atoms with van der Waals surface area (Å²) in [5.74, 6) is 1.42. The topological polar surface area (TPSA) is 38.0 Å². The highest BCUT2D eigenvalue weighted by Gasteiger charge is 2.41. The van der Waals surface area contributed by atoms with Crippen LogP contribution in [0.1, 0.15) is 66.2 Å². The first-order valence-corrected chi connectivity index (χ1v) is 8.31. The van der Waals surface area contributed by atoms with Crippen LogP contribution >= 0.6 is 0 Å². The highest BCUT2D eigenvalue weighted by Crippen LogP contribution is 2.44. The van der Waals surface area contributed by atoms with Crippen LogP contribution in [0.15, 0.2) is 0 Å². The van der Waals surface area contributed by atoms with Crippen molar-refractivity contribution in [2.24, 2.45) is 28.4 Å². The Morgan fingerprint density at radius 1 is 1.11 bits per heavy atom. The molecule has 2 aliphatic rings. The van der Waals surface area contributed by atoms with Gasteiger partial charge in [-0.25, -0.2) is 0 Å². The summed E-state index contributed by atoms with van der Waals surface area (Å²) in [5, 5.41) is 3.79. The second kappa shape index (κ2) is 5.73. The molecule has 2 rings (SSSR count). The van der Waals surface area contributed by atoms with Crippen LogP contribution in [0.25, 0.3) is 0 Å². The number of nitrogens with two attached hydrogens (primary N) is 1. The van der Waals surface area contributed by atoms with Crippen molar-refractivity contribution in [3.63, 3.8) is 0 Å². The molecule has 3 atom stereocenters. The van der Waals surface area contributed by atoms with Crippen LogP contribution in [0, 0.1) is 22.7 Å². The van der Waals surface area contributed by atoms with Gasteiger partial charge < -0.3 is 11.1 Å². The fourth-order valence-corrected chi connectivity index (χ4v) is 4.26. The third-order valence-corrected chi connectivity index (χ3v) is 6.47. The molecule has 0 bridgehead atoms. The van der Waals surface area contributed by atoms with Crippen molar-refractivity contribution >= 4 is 0 Å². The standard InChI is InChI=1S/C17H34N2/c1-13-15(18)8-7-14(16(13,2)3)11-19-12-17(4)9-5-6-10-17/h13-15,19H,5-12,18H2,1-4H3. The van der Waals surface area contributed by atoms with Gasteiger partial charge in [0, 0.05) is 12.6 Å². The van der Waals surface area contributed by atoms with E-state index >= 15 is 0 Å². The Hall–Kier alpha value is -0.0800. The maximum Gasteiger partial charge on any atom is 0.00698 e. The molecule has 0 saturated heterocycles. The largest absolute Gasteiger partial charge is 0.327 e. The summed E-state index contributed by atoms with van der Waals surface area (Å²) in [5.41, 5.74) is 7.19. The van der Waals surface area contributed by atoms with E-state index in [0.717, 1.165) is 5.92 Å². The molecule has 3 unspecified atom stereocenters. The zero-order chi connectivity index (χ0) is 14.1. The summed E-state index contributed by atoms with van der Waals surface area (Å²) in [6.45, 7) is 12.0. The Balaban J connectivity index is 1.82. The molecule has 0 aromatic carbocycles. The van der Waals surface area contributed by atoms with E-state index in [9.17, 15) is 0 Å². The average Bonchev–Trinajstić information content (AvgIpc) is 2.77. The van der Waals surface area contributed by atoms with Crippen LogP contribution in [0.3, 0.4) is 0 Å². The van der Waals surface area contributed by atoms with Crippen molar-refractivity contribution in [2.75, 3.05) is 13.1 Å². The quantitative estimate of drug-likeness (QED) is 0.816. The Bertz CT molecular complexity index is 292. The SMILES string of the molecule is CC1C(N)CCC(CNCC2(C)CCCC2)C1(C)C. The molecule has 2 fully saturated rings. The molecule has 2 nitrogen and oxygen atoms in total. The van der Waals surface area contributed by atoms with Gasteiger partial charge in [-0.1, -0.05) is 40.5 Å². The Kier molecular flexibility index (Phi) is 4.62. The van der Waals surface area contributed by atoms with Crippen molar-refractivity contribution in [1.82, 2.24) is 5.32 Å². The molecule has 0 radical (unpaired) electrons. The van der Waals surface area contributed by atoms with Crippen LogP contribution in [-0.4, -0.2) is 19.1 Å². The lowest BCUT2D eigenvalue weighted by atomic mass is 9.61. The molecule has 0 amide bonds. The molecule has 3 N–H and O–H groups in total. The van der Waals surface area contributed by atoms with Crippen molar-refractivity contribution < 1.29 is 0 Å². The molecule has 0 spiro atoms. The summed E-state index contributed by atoms with van der Waals surface area (Å²) in [7, 11) is 0. The Morgan fingerprint density at radius 3 is 2.37 bits per heavy atom. The molecule has 19 heavy (non-hydrogen) atoms. The molecule has 0 aliphatic heterocycles. The van der Waals surface area contributed by atoms with Gasteiger partial charge in [-0.15, -0.1) is 0 Å². The molecular weight excluding hydrogens is 232 g/mol. The number of hydrogen-bond acceptors (Lipinski definition) is 2. The first kappa shape index (κ1) is 15.3. The molecule has 0 aromatic heterocycles. The molecular formula is C17H34N2.